The third-order valence-corrected chi connectivity index (χ3v) is 5.39. The largest absolute Gasteiger partial charge is 0.390 e. The molecule has 27 heavy (non-hydrogen) atoms. The van der Waals surface area contributed by atoms with Crippen molar-refractivity contribution in [2.24, 2.45) is 5.73 Å². The van der Waals surface area contributed by atoms with E-state index in [0.717, 1.165) is 32.1 Å². The van der Waals surface area contributed by atoms with Crippen LogP contribution in [0.15, 0.2) is 0 Å². The van der Waals surface area contributed by atoms with Crippen LogP contribution in [0.4, 0.5) is 0 Å². The highest BCUT2D eigenvalue weighted by Crippen LogP contribution is 2.14. The summed E-state index contributed by atoms with van der Waals surface area (Å²) in [5.74, 6) is 0. The number of hydrogen-bond donors (Lipinski definition) is 3. The first kappa shape index (κ1) is 26.8. The minimum absolute atomic E-state index is 0.320. The molecule has 0 aromatic rings. The fraction of sp³-hybridized carbons (Fsp3) is 1.00. The zero-order valence-electron chi connectivity index (χ0n) is 18.3. The fourth-order valence-corrected chi connectivity index (χ4v) is 3.42. The predicted molar refractivity (Wildman–Crippen MR) is 116 cm³/mol. The van der Waals surface area contributed by atoms with Gasteiger partial charge in [0, 0.05) is 6.61 Å². The van der Waals surface area contributed by atoms with Crippen LogP contribution < -0.4 is 5.73 Å². The number of hydrogen-bond acceptors (Lipinski definition) is 4. The zero-order chi connectivity index (χ0) is 20.2. The van der Waals surface area contributed by atoms with Gasteiger partial charge in [0.15, 0.2) is 0 Å². The molecule has 4 N–H and O–H groups in total. The molecule has 0 aromatic heterocycles. The highest BCUT2D eigenvalue weighted by Gasteiger charge is 2.23. The number of aliphatic hydroxyl groups is 2. The summed E-state index contributed by atoms with van der Waals surface area (Å²) in [6, 6.07) is -0.501. The van der Waals surface area contributed by atoms with Crippen molar-refractivity contribution in [3.63, 3.8) is 0 Å². The van der Waals surface area contributed by atoms with E-state index in [1.165, 1.54) is 64.2 Å². The van der Waals surface area contributed by atoms with Crippen molar-refractivity contribution in [2.45, 2.75) is 135 Å². The topological polar surface area (TPSA) is 75.7 Å². The first-order valence-corrected chi connectivity index (χ1v) is 11.8. The summed E-state index contributed by atoms with van der Waals surface area (Å²) in [5, 5.41) is 20.2. The molecule has 0 saturated carbocycles. The van der Waals surface area contributed by atoms with Crippen LogP contribution in [0.25, 0.3) is 0 Å². The second-order valence-electron chi connectivity index (χ2n) is 8.18. The van der Waals surface area contributed by atoms with Crippen LogP contribution in [0.5, 0.6) is 0 Å². The molecule has 4 heteroatoms. The van der Waals surface area contributed by atoms with Gasteiger partial charge in [-0.15, -0.1) is 0 Å². The van der Waals surface area contributed by atoms with Crippen molar-refractivity contribution < 1.29 is 14.9 Å². The third-order valence-electron chi connectivity index (χ3n) is 5.39. The van der Waals surface area contributed by atoms with Gasteiger partial charge in [0.05, 0.1) is 24.9 Å². The molecule has 0 aliphatic carbocycles. The Kier molecular flexibility index (Phi) is 20.4. The minimum atomic E-state index is -0.885. The minimum Gasteiger partial charge on any atom is -0.390 e. The highest BCUT2D eigenvalue weighted by atomic mass is 16.5. The molecule has 0 aromatic carbocycles. The van der Waals surface area contributed by atoms with Crippen molar-refractivity contribution in [2.75, 3.05) is 13.2 Å². The van der Waals surface area contributed by atoms with Crippen molar-refractivity contribution in [1.82, 2.24) is 0 Å². The maximum absolute atomic E-state index is 10.1. The summed E-state index contributed by atoms with van der Waals surface area (Å²) in [6.07, 6.45) is 17.9. The van der Waals surface area contributed by atoms with Gasteiger partial charge in [-0.1, -0.05) is 104 Å². The van der Waals surface area contributed by atoms with Crippen LogP contribution >= 0.6 is 0 Å². The van der Waals surface area contributed by atoms with E-state index in [9.17, 15) is 10.2 Å². The quantitative estimate of drug-likeness (QED) is 0.233. The average molecular weight is 388 g/mol. The Balaban J connectivity index is 3.44. The molecule has 0 aliphatic heterocycles. The van der Waals surface area contributed by atoms with Gasteiger partial charge >= 0.3 is 0 Å². The van der Waals surface area contributed by atoms with Gasteiger partial charge in [0.2, 0.25) is 0 Å². The molecule has 0 radical (unpaired) electrons. The Morgan fingerprint density at radius 3 is 1.63 bits per heavy atom. The van der Waals surface area contributed by atoms with Crippen LogP contribution in [0.3, 0.4) is 0 Å². The molecule has 0 fully saturated rings. The monoisotopic (exact) mass is 387 g/mol. The maximum atomic E-state index is 10.1. The number of unbranched alkanes of at least 4 members (excludes halogenated alkanes) is 13. The molecule has 0 rings (SSSR count). The Morgan fingerprint density at radius 2 is 1.11 bits per heavy atom. The molecule has 0 spiro atoms. The summed E-state index contributed by atoms with van der Waals surface area (Å²) in [6.45, 7) is 5.42. The highest BCUT2D eigenvalue weighted by molar-refractivity contribution is 4.78. The summed E-state index contributed by atoms with van der Waals surface area (Å²) in [4.78, 5) is 0. The van der Waals surface area contributed by atoms with Crippen LogP contribution in [0, 0.1) is 0 Å². The van der Waals surface area contributed by atoms with E-state index in [2.05, 4.69) is 13.8 Å². The van der Waals surface area contributed by atoms with Gasteiger partial charge in [-0.2, -0.15) is 0 Å². The summed E-state index contributed by atoms with van der Waals surface area (Å²) in [7, 11) is 0. The van der Waals surface area contributed by atoms with Crippen molar-refractivity contribution in [3.05, 3.63) is 0 Å². The predicted octanol–water partition coefficient (Wildman–Crippen LogP) is 5.33. The molecule has 0 amide bonds. The number of ether oxygens (including phenoxy) is 1. The Morgan fingerprint density at radius 1 is 0.667 bits per heavy atom. The molecule has 0 saturated heterocycles. The van der Waals surface area contributed by atoms with E-state index in [4.69, 9.17) is 10.5 Å². The Hall–Kier alpha value is -0.160. The SMILES string of the molecule is CCCCCCCCCCCCCCC(O)C(O)C(N)COCCCCC. The molecule has 0 heterocycles. The van der Waals surface area contributed by atoms with Gasteiger partial charge in [-0.3, -0.25) is 0 Å². The second-order valence-corrected chi connectivity index (χ2v) is 8.18. The van der Waals surface area contributed by atoms with Gasteiger partial charge in [-0.25, -0.2) is 0 Å². The molecular weight excluding hydrogens is 338 g/mol. The van der Waals surface area contributed by atoms with Gasteiger partial charge in [0.25, 0.3) is 0 Å². The maximum Gasteiger partial charge on any atom is 0.0971 e. The van der Waals surface area contributed by atoms with E-state index >= 15 is 0 Å². The Bertz CT molecular complexity index is 289. The average Bonchev–Trinajstić information content (AvgIpc) is 2.67. The lowest BCUT2D eigenvalue weighted by molar-refractivity contribution is -0.0225. The fourth-order valence-electron chi connectivity index (χ4n) is 3.42. The van der Waals surface area contributed by atoms with Crippen LogP contribution in [0.1, 0.15) is 117 Å². The molecule has 164 valence electrons. The lowest BCUT2D eigenvalue weighted by Crippen LogP contribution is -2.45. The van der Waals surface area contributed by atoms with E-state index in [1.54, 1.807) is 0 Å². The smallest absolute Gasteiger partial charge is 0.0971 e. The van der Waals surface area contributed by atoms with E-state index in [-0.39, 0.29) is 0 Å². The van der Waals surface area contributed by atoms with Gasteiger partial charge in [-0.05, 0) is 12.8 Å². The summed E-state index contributed by atoms with van der Waals surface area (Å²) < 4.78 is 5.49. The standard InChI is InChI=1S/C23H49NO3/c1-3-5-7-8-9-10-11-12-13-14-15-16-18-22(25)23(26)21(24)20-27-19-17-6-4-2/h21-23,25-26H,3-20,24H2,1-2H3. The zero-order valence-corrected chi connectivity index (χ0v) is 18.3. The number of nitrogens with two attached hydrogens (primary N) is 1. The lowest BCUT2D eigenvalue weighted by Gasteiger charge is -2.23. The van der Waals surface area contributed by atoms with Gasteiger partial charge < -0.3 is 20.7 Å². The van der Waals surface area contributed by atoms with E-state index in [0.29, 0.717) is 19.6 Å². The molecule has 3 atom stereocenters. The molecule has 3 unspecified atom stereocenters. The van der Waals surface area contributed by atoms with Gasteiger partial charge in [0.1, 0.15) is 0 Å². The third kappa shape index (κ3) is 17.7. The molecule has 0 bridgehead atoms. The number of rotatable bonds is 21. The molecule has 4 nitrogen and oxygen atoms in total. The van der Waals surface area contributed by atoms with Crippen LogP contribution in [-0.4, -0.2) is 41.7 Å². The second kappa shape index (κ2) is 20.6. The lowest BCUT2D eigenvalue weighted by atomic mass is 10.00. The van der Waals surface area contributed by atoms with Crippen LogP contribution in [-0.2, 0) is 4.74 Å². The first-order valence-electron chi connectivity index (χ1n) is 11.8. The van der Waals surface area contributed by atoms with Crippen molar-refractivity contribution in [1.29, 1.82) is 0 Å². The number of aliphatic hydroxyl groups excluding tert-OH is 2. The summed E-state index contributed by atoms with van der Waals surface area (Å²) >= 11 is 0. The Labute approximate surface area is 169 Å². The van der Waals surface area contributed by atoms with E-state index in [1.807, 2.05) is 0 Å². The summed E-state index contributed by atoms with van der Waals surface area (Å²) in [5.41, 5.74) is 5.93. The normalized spacial score (nSPS) is 15.0. The van der Waals surface area contributed by atoms with Crippen LogP contribution in [0.2, 0.25) is 0 Å². The van der Waals surface area contributed by atoms with Crippen molar-refractivity contribution in [3.8, 4) is 0 Å². The van der Waals surface area contributed by atoms with E-state index < -0.39 is 18.2 Å². The first-order chi connectivity index (χ1) is 13.1. The van der Waals surface area contributed by atoms with Crippen molar-refractivity contribution >= 4 is 0 Å². The molecular formula is C23H49NO3. The molecule has 0 aliphatic rings.